The van der Waals surface area contributed by atoms with Crippen molar-refractivity contribution in [1.82, 2.24) is 9.88 Å². The van der Waals surface area contributed by atoms with Crippen molar-refractivity contribution in [2.24, 2.45) is 11.8 Å². The fraction of sp³-hybridized carbons (Fsp3) is 0.520. The van der Waals surface area contributed by atoms with E-state index in [0.717, 1.165) is 49.5 Å². The second kappa shape index (κ2) is 9.89. The summed E-state index contributed by atoms with van der Waals surface area (Å²) in [4.78, 5) is 17.0. The van der Waals surface area contributed by atoms with E-state index in [2.05, 4.69) is 41.9 Å². The third-order valence-corrected chi connectivity index (χ3v) is 6.66. The normalized spacial score (nSPS) is 17.7. The second-order valence-corrected chi connectivity index (χ2v) is 8.74. The van der Waals surface area contributed by atoms with Crippen LogP contribution in [0.3, 0.4) is 0 Å². The molecule has 1 aliphatic heterocycles. The quantitative estimate of drug-likeness (QED) is 0.698. The van der Waals surface area contributed by atoms with Crippen LogP contribution >= 0.6 is 0 Å². The summed E-state index contributed by atoms with van der Waals surface area (Å²) in [5, 5.41) is 10.0. The Labute approximate surface area is 174 Å². The van der Waals surface area contributed by atoms with Crippen molar-refractivity contribution in [3.63, 3.8) is 0 Å². The predicted octanol–water partition coefficient (Wildman–Crippen LogP) is 4.87. The molecule has 3 rings (SSSR count). The van der Waals surface area contributed by atoms with Crippen LogP contribution in [0.1, 0.15) is 57.1 Å². The third kappa shape index (κ3) is 5.16. The van der Waals surface area contributed by atoms with Gasteiger partial charge in [0.15, 0.2) is 0 Å². The number of aromatic nitrogens is 1. The van der Waals surface area contributed by atoms with E-state index >= 15 is 0 Å². The lowest BCUT2D eigenvalue weighted by molar-refractivity contribution is 0.168. The minimum Gasteiger partial charge on any atom is -0.329 e. The van der Waals surface area contributed by atoms with Crippen LogP contribution in [-0.4, -0.2) is 23.0 Å². The van der Waals surface area contributed by atoms with Crippen molar-refractivity contribution in [3.05, 3.63) is 70.1 Å². The topological polar surface area (TPSA) is 59.9 Å². The number of benzene rings is 1. The van der Waals surface area contributed by atoms with Gasteiger partial charge in [-0.3, -0.25) is 9.69 Å². The summed E-state index contributed by atoms with van der Waals surface area (Å²) in [6, 6.07) is 16.8. The maximum Gasteiger partial charge on any atom is 0.252 e. The molecular weight excluding hydrogens is 358 g/mol. The van der Waals surface area contributed by atoms with Gasteiger partial charge in [-0.05, 0) is 55.8 Å². The molecule has 0 bridgehead atoms. The summed E-state index contributed by atoms with van der Waals surface area (Å²) >= 11 is 0. The van der Waals surface area contributed by atoms with Crippen LogP contribution < -0.4 is 5.56 Å². The number of likely N-dealkylation sites (tertiary alicyclic amines) is 1. The summed E-state index contributed by atoms with van der Waals surface area (Å²) in [5.41, 5.74) is 1.64. The van der Waals surface area contributed by atoms with Gasteiger partial charge in [-0.1, -0.05) is 63.1 Å². The van der Waals surface area contributed by atoms with Crippen molar-refractivity contribution in [3.8, 4) is 6.07 Å². The zero-order chi connectivity index (χ0) is 20.7. The first-order chi connectivity index (χ1) is 14.0. The molecule has 1 fully saturated rings. The van der Waals surface area contributed by atoms with Crippen LogP contribution in [0.2, 0.25) is 0 Å². The molecule has 1 aliphatic rings. The fourth-order valence-corrected chi connectivity index (χ4v) is 4.68. The first-order valence-corrected chi connectivity index (χ1v) is 10.9. The summed E-state index contributed by atoms with van der Waals surface area (Å²) < 4.78 is 0. The highest BCUT2D eigenvalue weighted by molar-refractivity contribution is 5.33. The molecule has 1 aromatic carbocycles. The van der Waals surface area contributed by atoms with Gasteiger partial charge in [0.25, 0.3) is 5.56 Å². The average molecular weight is 392 g/mol. The highest BCUT2D eigenvalue weighted by atomic mass is 16.1. The molecule has 0 spiro atoms. The van der Waals surface area contributed by atoms with Crippen LogP contribution in [0.15, 0.2) is 53.5 Å². The first-order valence-electron chi connectivity index (χ1n) is 10.9. The Morgan fingerprint density at radius 3 is 2.52 bits per heavy atom. The number of H-pyrrole nitrogens is 1. The maximum atomic E-state index is 11.9. The van der Waals surface area contributed by atoms with E-state index in [1.807, 2.05) is 30.3 Å². The standard InChI is InChI=1S/C25H33N3O/c1-20(2)25(19-26,23-10-4-3-5-11-23)14-6-8-21-12-16-28(17-13-21)18-22-9-7-15-27-24(22)29/h3-5,7,9-11,15,20-21H,6,8,12-14,16-18H2,1-2H3,(H,27,29). The third-order valence-electron chi connectivity index (χ3n) is 6.66. The molecule has 1 atom stereocenters. The van der Waals surface area contributed by atoms with Crippen molar-refractivity contribution < 1.29 is 0 Å². The van der Waals surface area contributed by atoms with Crippen molar-refractivity contribution in [1.29, 1.82) is 5.26 Å². The molecule has 1 N–H and O–H groups in total. The van der Waals surface area contributed by atoms with Gasteiger partial charge < -0.3 is 4.98 Å². The van der Waals surface area contributed by atoms with E-state index in [1.165, 1.54) is 19.3 Å². The van der Waals surface area contributed by atoms with E-state index in [4.69, 9.17) is 0 Å². The average Bonchev–Trinajstić information content (AvgIpc) is 2.74. The molecule has 4 heteroatoms. The minimum absolute atomic E-state index is 0.0251. The molecule has 154 valence electrons. The number of nitrogens with one attached hydrogen (secondary N) is 1. The van der Waals surface area contributed by atoms with E-state index in [9.17, 15) is 10.1 Å². The van der Waals surface area contributed by atoms with Gasteiger partial charge in [-0.25, -0.2) is 0 Å². The molecule has 0 radical (unpaired) electrons. The van der Waals surface area contributed by atoms with Crippen LogP contribution in [0.25, 0.3) is 0 Å². The fourth-order valence-electron chi connectivity index (χ4n) is 4.68. The lowest BCUT2D eigenvalue weighted by atomic mass is 9.69. The molecule has 1 aromatic heterocycles. The van der Waals surface area contributed by atoms with E-state index in [1.54, 1.807) is 6.20 Å². The molecule has 2 heterocycles. The molecule has 0 aliphatic carbocycles. The van der Waals surface area contributed by atoms with Gasteiger partial charge in [0.1, 0.15) is 0 Å². The zero-order valence-electron chi connectivity index (χ0n) is 17.7. The highest BCUT2D eigenvalue weighted by Gasteiger charge is 2.35. The molecule has 2 aromatic rings. The van der Waals surface area contributed by atoms with Gasteiger partial charge in [-0.15, -0.1) is 0 Å². The Balaban J connectivity index is 1.50. The number of nitrogens with zero attached hydrogens (tertiary/aromatic N) is 2. The Morgan fingerprint density at radius 2 is 1.90 bits per heavy atom. The van der Waals surface area contributed by atoms with Crippen molar-refractivity contribution in [2.45, 2.75) is 57.9 Å². The minimum atomic E-state index is -0.393. The lowest BCUT2D eigenvalue weighted by Crippen LogP contribution is -2.35. The van der Waals surface area contributed by atoms with Gasteiger partial charge >= 0.3 is 0 Å². The largest absolute Gasteiger partial charge is 0.329 e. The summed E-state index contributed by atoms with van der Waals surface area (Å²) in [5.74, 6) is 1.01. The summed E-state index contributed by atoms with van der Waals surface area (Å²) in [6.07, 6.45) is 7.23. The van der Waals surface area contributed by atoms with Gasteiger partial charge in [-0.2, -0.15) is 5.26 Å². The lowest BCUT2D eigenvalue weighted by Gasteiger charge is -2.34. The first kappa shape index (κ1) is 21.3. The number of rotatable bonds is 8. The monoisotopic (exact) mass is 391 g/mol. The Morgan fingerprint density at radius 1 is 1.17 bits per heavy atom. The van der Waals surface area contributed by atoms with Crippen molar-refractivity contribution >= 4 is 0 Å². The van der Waals surface area contributed by atoms with Crippen LogP contribution in [0.5, 0.6) is 0 Å². The molecule has 4 nitrogen and oxygen atoms in total. The SMILES string of the molecule is CC(C)C(C#N)(CCCC1CCN(Cc2ccc[nH]c2=O)CC1)c1ccccc1. The zero-order valence-corrected chi connectivity index (χ0v) is 17.7. The Kier molecular flexibility index (Phi) is 7.28. The van der Waals surface area contributed by atoms with Gasteiger partial charge in [0, 0.05) is 18.3 Å². The van der Waals surface area contributed by atoms with E-state index in [-0.39, 0.29) is 5.56 Å². The molecular formula is C25H33N3O. The number of piperidine rings is 1. The van der Waals surface area contributed by atoms with E-state index in [0.29, 0.717) is 5.92 Å². The number of aromatic amines is 1. The smallest absolute Gasteiger partial charge is 0.252 e. The predicted molar refractivity (Wildman–Crippen MR) is 117 cm³/mol. The molecule has 0 amide bonds. The number of hydrogen-bond acceptors (Lipinski definition) is 3. The van der Waals surface area contributed by atoms with E-state index < -0.39 is 5.41 Å². The Bertz CT molecular complexity index is 859. The van der Waals surface area contributed by atoms with Gasteiger partial charge in [0.2, 0.25) is 0 Å². The highest BCUT2D eigenvalue weighted by Crippen LogP contribution is 2.38. The van der Waals surface area contributed by atoms with Crippen LogP contribution in [0.4, 0.5) is 0 Å². The number of hydrogen-bond donors (Lipinski definition) is 1. The second-order valence-electron chi connectivity index (χ2n) is 8.74. The molecule has 0 saturated carbocycles. The Hall–Kier alpha value is -2.38. The van der Waals surface area contributed by atoms with Crippen LogP contribution in [-0.2, 0) is 12.0 Å². The molecule has 1 saturated heterocycles. The summed E-state index contributed by atoms with van der Waals surface area (Å²) in [7, 11) is 0. The van der Waals surface area contributed by atoms with Crippen LogP contribution in [0, 0.1) is 23.2 Å². The molecule has 29 heavy (non-hydrogen) atoms. The maximum absolute atomic E-state index is 11.9. The number of nitriles is 1. The van der Waals surface area contributed by atoms with Crippen molar-refractivity contribution in [2.75, 3.05) is 13.1 Å². The summed E-state index contributed by atoms with van der Waals surface area (Å²) in [6.45, 7) is 7.16. The molecule has 1 unspecified atom stereocenters. The number of pyridine rings is 1. The van der Waals surface area contributed by atoms with Gasteiger partial charge in [0.05, 0.1) is 11.5 Å².